The van der Waals surface area contributed by atoms with Gasteiger partial charge in [-0.25, -0.2) is 13.6 Å². The van der Waals surface area contributed by atoms with E-state index in [0.717, 1.165) is 11.1 Å². The van der Waals surface area contributed by atoms with E-state index < -0.39 is 10.0 Å². The monoisotopic (exact) mass is 394 g/mol. The first kappa shape index (κ1) is 19.8. The maximum atomic E-state index is 12.4. The number of nitrogens with one attached hydrogen (secondary N) is 1. The minimum absolute atomic E-state index is 0.00154. The van der Waals surface area contributed by atoms with Crippen molar-refractivity contribution in [3.8, 4) is 11.1 Å². The van der Waals surface area contributed by atoms with Gasteiger partial charge in [0.05, 0.1) is 4.90 Å². The van der Waals surface area contributed by atoms with Crippen LogP contribution < -0.4 is 10.5 Å². The van der Waals surface area contributed by atoms with E-state index in [1.165, 1.54) is 29.8 Å². The predicted molar refractivity (Wildman–Crippen MR) is 112 cm³/mol. The van der Waals surface area contributed by atoms with Crippen molar-refractivity contribution in [3.05, 3.63) is 83.9 Å². The van der Waals surface area contributed by atoms with Crippen LogP contribution in [0.3, 0.4) is 0 Å². The lowest BCUT2D eigenvalue weighted by Gasteiger charge is -2.09. The van der Waals surface area contributed by atoms with Crippen molar-refractivity contribution in [2.75, 3.05) is 5.32 Å². The highest BCUT2D eigenvalue weighted by molar-refractivity contribution is 7.89. The van der Waals surface area contributed by atoms with Crippen LogP contribution in [-0.2, 0) is 10.0 Å². The maximum absolute atomic E-state index is 12.4. The van der Waals surface area contributed by atoms with Gasteiger partial charge < -0.3 is 5.32 Å². The molecule has 0 saturated carbocycles. The Morgan fingerprint density at radius 1 is 0.821 bits per heavy atom. The summed E-state index contributed by atoms with van der Waals surface area (Å²) in [5.41, 5.74) is 4.41. The average Bonchev–Trinajstić information content (AvgIpc) is 2.68. The lowest BCUT2D eigenvalue weighted by Crippen LogP contribution is -2.13. The normalized spacial score (nSPS) is 11.4. The molecule has 0 aliphatic heterocycles. The minimum atomic E-state index is -3.75. The van der Waals surface area contributed by atoms with Crippen LogP contribution >= 0.6 is 0 Å². The molecule has 28 heavy (non-hydrogen) atoms. The smallest absolute Gasteiger partial charge is 0.255 e. The first-order valence-corrected chi connectivity index (χ1v) is 10.4. The molecule has 1 amide bonds. The molecule has 3 aromatic carbocycles. The Kier molecular flexibility index (Phi) is 5.63. The number of hydrogen-bond donors (Lipinski definition) is 2. The van der Waals surface area contributed by atoms with Crippen LogP contribution in [-0.4, -0.2) is 14.3 Å². The number of amides is 1. The molecule has 0 aliphatic carbocycles. The van der Waals surface area contributed by atoms with Gasteiger partial charge in [0.15, 0.2) is 0 Å². The van der Waals surface area contributed by atoms with Gasteiger partial charge in [-0.3, -0.25) is 4.79 Å². The van der Waals surface area contributed by atoms with Crippen molar-refractivity contribution in [1.29, 1.82) is 0 Å². The number of sulfonamides is 1. The number of carbonyl (C=O) groups is 1. The van der Waals surface area contributed by atoms with Gasteiger partial charge in [-0.2, -0.15) is 0 Å². The van der Waals surface area contributed by atoms with Crippen LogP contribution in [0.2, 0.25) is 0 Å². The zero-order valence-corrected chi connectivity index (χ0v) is 16.5. The Hall–Kier alpha value is -2.96. The van der Waals surface area contributed by atoms with E-state index in [9.17, 15) is 13.2 Å². The summed E-state index contributed by atoms with van der Waals surface area (Å²) in [6.45, 7) is 4.32. The fourth-order valence-electron chi connectivity index (χ4n) is 2.81. The molecule has 0 aromatic heterocycles. The summed E-state index contributed by atoms with van der Waals surface area (Å²) >= 11 is 0. The molecule has 0 aliphatic rings. The van der Waals surface area contributed by atoms with Crippen LogP contribution in [0, 0.1) is 0 Å². The van der Waals surface area contributed by atoms with Gasteiger partial charge in [0.1, 0.15) is 0 Å². The number of benzene rings is 3. The Morgan fingerprint density at radius 3 is 1.79 bits per heavy atom. The van der Waals surface area contributed by atoms with Gasteiger partial charge in [0, 0.05) is 11.3 Å². The van der Waals surface area contributed by atoms with Crippen molar-refractivity contribution in [2.24, 2.45) is 5.14 Å². The third-order valence-corrected chi connectivity index (χ3v) is 5.43. The van der Waals surface area contributed by atoms with Crippen molar-refractivity contribution >= 4 is 21.6 Å². The zero-order valence-electron chi connectivity index (χ0n) is 15.7. The fourth-order valence-corrected chi connectivity index (χ4v) is 3.32. The highest BCUT2D eigenvalue weighted by atomic mass is 32.2. The molecular formula is C22H22N2O3S. The van der Waals surface area contributed by atoms with Crippen LogP contribution in [0.25, 0.3) is 11.1 Å². The summed E-state index contributed by atoms with van der Waals surface area (Å²) in [5, 5.41) is 7.81. The van der Waals surface area contributed by atoms with Crippen LogP contribution in [0.4, 0.5) is 5.69 Å². The maximum Gasteiger partial charge on any atom is 0.255 e. The van der Waals surface area contributed by atoms with E-state index in [4.69, 9.17) is 5.14 Å². The van der Waals surface area contributed by atoms with Crippen LogP contribution in [0.1, 0.15) is 35.7 Å². The van der Waals surface area contributed by atoms with Gasteiger partial charge in [-0.1, -0.05) is 50.2 Å². The highest BCUT2D eigenvalue weighted by Crippen LogP contribution is 2.23. The number of rotatable bonds is 5. The Labute approximate surface area is 165 Å². The van der Waals surface area contributed by atoms with E-state index >= 15 is 0 Å². The van der Waals surface area contributed by atoms with E-state index in [0.29, 0.717) is 17.2 Å². The molecule has 0 spiro atoms. The van der Waals surface area contributed by atoms with Gasteiger partial charge in [-0.05, 0) is 59.0 Å². The molecule has 0 unspecified atom stereocenters. The number of hydrogen-bond acceptors (Lipinski definition) is 3. The zero-order chi connectivity index (χ0) is 20.3. The van der Waals surface area contributed by atoms with Gasteiger partial charge in [0.25, 0.3) is 5.91 Å². The lowest BCUT2D eigenvalue weighted by molar-refractivity contribution is 0.102. The molecule has 0 heterocycles. The van der Waals surface area contributed by atoms with E-state index in [1.54, 1.807) is 12.1 Å². The topological polar surface area (TPSA) is 89.3 Å². The van der Waals surface area contributed by atoms with Gasteiger partial charge in [0.2, 0.25) is 10.0 Å². The Morgan fingerprint density at radius 2 is 1.32 bits per heavy atom. The summed E-state index contributed by atoms with van der Waals surface area (Å²) in [6.07, 6.45) is 0. The Balaban J connectivity index is 1.71. The molecule has 0 radical (unpaired) electrons. The first-order chi connectivity index (χ1) is 13.2. The Bertz CT molecular complexity index is 1070. The molecule has 5 nitrogen and oxygen atoms in total. The average molecular weight is 394 g/mol. The molecule has 144 valence electrons. The fraction of sp³-hybridized carbons (Fsp3) is 0.136. The summed E-state index contributed by atoms with van der Waals surface area (Å²) in [6, 6.07) is 21.5. The molecule has 0 saturated heterocycles. The second-order valence-corrected chi connectivity index (χ2v) is 8.44. The molecule has 0 fully saturated rings. The molecule has 6 heteroatoms. The lowest BCUT2D eigenvalue weighted by atomic mass is 9.98. The van der Waals surface area contributed by atoms with Gasteiger partial charge in [-0.15, -0.1) is 0 Å². The molecule has 3 N–H and O–H groups in total. The van der Waals surface area contributed by atoms with E-state index in [2.05, 4.69) is 43.4 Å². The van der Waals surface area contributed by atoms with Crippen molar-refractivity contribution in [3.63, 3.8) is 0 Å². The highest BCUT2D eigenvalue weighted by Gasteiger charge is 2.10. The van der Waals surface area contributed by atoms with E-state index in [-0.39, 0.29) is 10.8 Å². The third-order valence-electron chi connectivity index (χ3n) is 4.50. The van der Waals surface area contributed by atoms with Crippen molar-refractivity contribution < 1.29 is 13.2 Å². The van der Waals surface area contributed by atoms with Crippen molar-refractivity contribution in [1.82, 2.24) is 0 Å². The number of primary sulfonamides is 1. The molecule has 3 aromatic rings. The van der Waals surface area contributed by atoms with Crippen LogP contribution in [0.15, 0.2) is 77.7 Å². The SMILES string of the molecule is CC(C)c1ccc(-c2ccc(C(=O)Nc3ccc(S(N)(=O)=O)cc3)cc2)cc1. The van der Waals surface area contributed by atoms with Crippen LogP contribution in [0.5, 0.6) is 0 Å². The molecule has 0 bridgehead atoms. The second kappa shape index (κ2) is 7.96. The standard InChI is InChI=1S/C22H22N2O3S/c1-15(2)16-3-5-17(6-4-16)18-7-9-19(10-8-18)22(25)24-20-11-13-21(14-12-20)28(23,26)27/h3-15H,1-2H3,(H,24,25)(H2,23,26,27). The number of carbonyl (C=O) groups excluding carboxylic acids is 1. The predicted octanol–water partition coefficient (Wildman–Crippen LogP) is 4.38. The first-order valence-electron chi connectivity index (χ1n) is 8.88. The van der Waals surface area contributed by atoms with E-state index in [1.807, 2.05) is 12.1 Å². The number of anilines is 1. The molecule has 0 atom stereocenters. The molecular weight excluding hydrogens is 372 g/mol. The second-order valence-electron chi connectivity index (χ2n) is 6.88. The summed E-state index contributed by atoms with van der Waals surface area (Å²) in [5.74, 6) is 0.212. The van der Waals surface area contributed by atoms with Gasteiger partial charge >= 0.3 is 0 Å². The third kappa shape index (κ3) is 4.65. The quantitative estimate of drug-likeness (QED) is 0.673. The largest absolute Gasteiger partial charge is 0.322 e. The number of nitrogens with two attached hydrogens (primary N) is 1. The van der Waals surface area contributed by atoms with Crippen molar-refractivity contribution in [2.45, 2.75) is 24.7 Å². The summed E-state index contributed by atoms with van der Waals surface area (Å²) in [4.78, 5) is 12.4. The summed E-state index contributed by atoms with van der Waals surface area (Å²) in [7, 11) is -3.75. The summed E-state index contributed by atoms with van der Waals surface area (Å²) < 4.78 is 22.6. The molecule has 3 rings (SSSR count). The minimum Gasteiger partial charge on any atom is -0.322 e.